The number of carbonyl (C=O) groups excluding carboxylic acids is 1. The normalized spacial score (nSPS) is 30.2. The van der Waals surface area contributed by atoms with Crippen LogP contribution >= 0.6 is 0 Å². The molecule has 0 aromatic carbocycles. The third-order valence-corrected chi connectivity index (χ3v) is 1.92. The Morgan fingerprint density at radius 2 is 1.93 bits per heavy atom. The van der Waals surface area contributed by atoms with Gasteiger partial charge in [0, 0.05) is 6.42 Å². The minimum absolute atomic E-state index is 0.0698. The monoisotopic (exact) mass is 202 g/mol. The first-order valence-corrected chi connectivity index (χ1v) is 4.40. The Morgan fingerprint density at radius 1 is 1.36 bits per heavy atom. The van der Waals surface area contributed by atoms with Crippen LogP contribution in [0.15, 0.2) is 0 Å². The standard InChI is InChI=1S/C9H14O5/c1-5(10)4-6-7(8(11)12)14-9(2,3)13-6/h6-7H,4H2,1-3H3,(H,11,12)/t6-,7+/m1/s1. The van der Waals surface area contributed by atoms with Crippen molar-refractivity contribution in [3.63, 3.8) is 0 Å². The van der Waals surface area contributed by atoms with E-state index >= 15 is 0 Å². The topological polar surface area (TPSA) is 72.8 Å². The van der Waals surface area contributed by atoms with E-state index in [1.54, 1.807) is 13.8 Å². The summed E-state index contributed by atoms with van der Waals surface area (Å²) in [6.07, 6.45) is -1.66. The van der Waals surface area contributed by atoms with Crippen molar-refractivity contribution in [2.24, 2.45) is 0 Å². The van der Waals surface area contributed by atoms with Crippen LogP contribution in [-0.4, -0.2) is 34.9 Å². The molecule has 5 heteroatoms. The zero-order chi connectivity index (χ0) is 10.9. The fourth-order valence-corrected chi connectivity index (χ4v) is 1.48. The van der Waals surface area contributed by atoms with Crippen molar-refractivity contribution in [3.05, 3.63) is 0 Å². The predicted octanol–water partition coefficient (Wildman–Crippen LogP) is 0.570. The lowest BCUT2D eigenvalue weighted by molar-refractivity contribution is -0.166. The number of rotatable bonds is 3. The van der Waals surface area contributed by atoms with Crippen molar-refractivity contribution in [1.29, 1.82) is 0 Å². The summed E-state index contributed by atoms with van der Waals surface area (Å²) in [7, 11) is 0. The number of Topliss-reactive ketones (excluding diaryl/α,β-unsaturated/α-hetero) is 1. The molecule has 0 spiro atoms. The molecule has 0 amide bonds. The van der Waals surface area contributed by atoms with Gasteiger partial charge in [0.25, 0.3) is 0 Å². The van der Waals surface area contributed by atoms with E-state index in [1.165, 1.54) is 6.92 Å². The third kappa shape index (κ3) is 2.52. The van der Waals surface area contributed by atoms with E-state index in [2.05, 4.69) is 0 Å². The predicted molar refractivity (Wildman–Crippen MR) is 46.8 cm³/mol. The van der Waals surface area contributed by atoms with Crippen LogP contribution < -0.4 is 0 Å². The van der Waals surface area contributed by atoms with Crippen molar-refractivity contribution in [3.8, 4) is 0 Å². The number of carboxylic acids is 1. The molecule has 1 rings (SSSR count). The summed E-state index contributed by atoms with van der Waals surface area (Å²) in [5.41, 5.74) is 0. The largest absolute Gasteiger partial charge is 0.479 e. The van der Waals surface area contributed by atoms with Gasteiger partial charge in [0.1, 0.15) is 11.9 Å². The summed E-state index contributed by atoms with van der Waals surface area (Å²) >= 11 is 0. The summed E-state index contributed by atoms with van der Waals surface area (Å²) in [5.74, 6) is -2.13. The second-order valence-electron chi connectivity index (χ2n) is 3.84. The molecule has 1 aliphatic heterocycles. The highest BCUT2D eigenvalue weighted by molar-refractivity contribution is 5.79. The maximum absolute atomic E-state index is 10.9. The van der Waals surface area contributed by atoms with Crippen LogP contribution in [-0.2, 0) is 19.1 Å². The zero-order valence-corrected chi connectivity index (χ0v) is 8.44. The van der Waals surface area contributed by atoms with E-state index in [0.717, 1.165) is 0 Å². The zero-order valence-electron chi connectivity index (χ0n) is 8.44. The molecule has 0 saturated carbocycles. The Kier molecular flexibility index (Phi) is 2.92. The van der Waals surface area contributed by atoms with Crippen LogP contribution in [0.4, 0.5) is 0 Å². The van der Waals surface area contributed by atoms with Gasteiger partial charge in [0.15, 0.2) is 11.9 Å². The molecule has 0 radical (unpaired) electrons. The number of carboxylic acid groups (broad SMARTS) is 1. The third-order valence-electron chi connectivity index (χ3n) is 1.92. The molecule has 5 nitrogen and oxygen atoms in total. The van der Waals surface area contributed by atoms with Crippen LogP contribution in [0.3, 0.4) is 0 Å². The molecule has 2 atom stereocenters. The second kappa shape index (κ2) is 3.67. The minimum atomic E-state index is -1.10. The summed E-state index contributed by atoms with van der Waals surface area (Å²) in [6, 6.07) is 0. The van der Waals surface area contributed by atoms with Crippen molar-refractivity contribution >= 4 is 11.8 Å². The maximum atomic E-state index is 10.9. The lowest BCUT2D eigenvalue weighted by Gasteiger charge is -2.16. The molecule has 1 N–H and O–H groups in total. The van der Waals surface area contributed by atoms with Crippen molar-refractivity contribution < 1.29 is 24.2 Å². The van der Waals surface area contributed by atoms with E-state index in [1.807, 2.05) is 0 Å². The molecule has 80 valence electrons. The number of hydrogen-bond donors (Lipinski definition) is 1. The molecule has 0 aliphatic carbocycles. The first-order valence-electron chi connectivity index (χ1n) is 4.40. The highest BCUT2D eigenvalue weighted by Crippen LogP contribution is 2.30. The minimum Gasteiger partial charge on any atom is -0.479 e. The van der Waals surface area contributed by atoms with Gasteiger partial charge in [-0.15, -0.1) is 0 Å². The first kappa shape index (κ1) is 11.1. The molecule has 0 unspecified atom stereocenters. The Balaban J connectivity index is 2.72. The molecule has 0 aromatic heterocycles. The molecule has 1 fully saturated rings. The van der Waals surface area contributed by atoms with Crippen LogP contribution in [0.2, 0.25) is 0 Å². The van der Waals surface area contributed by atoms with E-state index in [4.69, 9.17) is 14.6 Å². The number of ketones is 1. The van der Waals surface area contributed by atoms with E-state index < -0.39 is 24.0 Å². The summed E-state index contributed by atoms with van der Waals surface area (Å²) < 4.78 is 10.5. The van der Waals surface area contributed by atoms with Gasteiger partial charge in [-0.2, -0.15) is 0 Å². The van der Waals surface area contributed by atoms with E-state index in [-0.39, 0.29) is 12.2 Å². The Hall–Kier alpha value is -0.940. The van der Waals surface area contributed by atoms with Gasteiger partial charge in [0.2, 0.25) is 0 Å². The second-order valence-corrected chi connectivity index (χ2v) is 3.84. The molecular weight excluding hydrogens is 188 g/mol. The Morgan fingerprint density at radius 3 is 2.36 bits per heavy atom. The Bertz CT molecular complexity index is 258. The lowest BCUT2D eigenvalue weighted by atomic mass is 10.1. The SMILES string of the molecule is CC(=O)C[C@H]1OC(C)(C)O[C@@H]1C(=O)O. The fraction of sp³-hybridized carbons (Fsp3) is 0.778. The maximum Gasteiger partial charge on any atom is 0.335 e. The van der Waals surface area contributed by atoms with Gasteiger partial charge in [0.05, 0.1) is 0 Å². The summed E-state index contributed by atoms with van der Waals surface area (Å²) in [4.78, 5) is 21.6. The van der Waals surface area contributed by atoms with Gasteiger partial charge in [-0.05, 0) is 20.8 Å². The number of hydrogen-bond acceptors (Lipinski definition) is 4. The summed E-state index contributed by atoms with van der Waals surface area (Å²) in [6.45, 7) is 4.65. The van der Waals surface area contributed by atoms with Crippen molar-refractivity contribution in [2.45, 2.75) is 45.2 Å². The van der Waals surface area contributed by atoms with Crippen LogP contribution in [0.5, 0.6) is 0 Å². The quantitative estimate of drug-likeness (QED) is 0.724. The van der Waals surface area contributed by atoms with Gasteiger partial charge in [-0.1, -0.05) is 0 Å². The van der Waals surface area contributed by atoms with Crippen LogP contribution in [0.1, 0.15) is 27.2 Å². The van der Waals surface area contributed by atoms with Crippen LogP contribution in [0, 0.1) is 0 Å². The molecule has 1 aliphatic rings. The molecule has 1 saturated heterocycles. The lowest BCUT2D eigenvalue weighted by Crippen LogP contribution is -2.32. The van der Waals surface area contributed by atoms with Gasteiger partial charge in [-0.25, -0.2) is 4.79 Å². The molecule has 1 heterocycles. The molecule has 14 heavy (non-hydrogen) atoms. The number of ether oxygens (including phenoxy) is 2. The average Bonchev–Trinajstić information content (AvgIpc) is 2.24. The van der Waals surface area contributed by atoms with Gasteiger partial charge >= 0.3 is 5.97 Å². The van der Waals surface area contributed by atoms with E-state index in [0.29, 0.717) is 0 Å². The summed E-state index contributed by atoms with van der Waals surface area (Å²) in [5, 5.41) is 8.81. The fourth-order valence-electron chi connectivity index (χ4n) is 1.48. The number of aliphatic carboxylic acids is 1. The highest BCUT2D eigenvalue weighted by atomic mass is 16.8. The highest BCUT2D eigenvalue weighted by Gasteiger charge is 2.45. The Labute approximate surface area is 82.0 Å². The van der Waals surface area contributed by atoms with Crippen molar-refractivity contribution in [1.82, 2.24) is 0 Å². The molecular formula is C9H14O5. The van der Waals surface area contributed by atoms with Gasteiger partial charge in [-0.3, -0.25) is 4.79 Å². The molecule has 0 aromatic rings. The van der Waals surface area contributed by atoms with Crippen molar-refractivity contribution in [2.75, 3.05) is 0 Å². The van der Waals surface area contributed by atoms with Gasteiger partial charge < -0.3 is 14.6 Å². The van der Waals surface area contributed by atoms with E-state index in [9.17, 15) is 9.59 Å². The number of carbonyl (C=O) groups is 2. The van der Waals surface area contributed by atoms with Crippen LogP contribution in [0.25, 0.3) is 0 Å². The average molecular weight is 202 g/mol. The smallest absolute Gasteiger partial charge is 0.335 e. The molecule has 0 bridgehead atoms. The first-order chi connectivity index (χ1) is 6.32.